The van der Waals surface area contributed by atoms with Crippen LogP contribution in [0.2, 0.25) is 0 Å². The average Bonchev–Trinajstić information content (AvgIpc) is 2.04. The van der Waals surface area contributed by atoms with E-state index in [1.807, 2.05) is 6.92 Å². The third kappa shape index (κ3) is 2.81. The van der Waals surface area contributed by atoms with Crippen LogP contribution in [-0.2, 0) is 14.3 Å². The second-order valence-electron chi connectivity index (χ2n) is 3.28. The van der Waals surface area contributed by atoms with Gasteiger partial charge in [0, 0.05) is 0 Å². The van der Waals surface area contributed by atoms with Crippen LogP contribution in [0, 0.1) is 0 Å². The number of methoxy groups -OCH3 is 1. The van der Waals surface area contributed by atoms with Crippen LogP contribution in [0.4, 0.5) is 0 Å². The highest BCUT2D eigenvalue weighted by Crippen LogP contribution is 2.20. The molecular formula is C9H16O3. The van der Waals surface area contributed by atoms with E-state index in [-0.39, 0.29) is 12.1 Å². The summed E-state index contributed by atoms with van der Waals surface area (Å²) in [4.78, 5) is 10.9. The van der Waals surface area contributed by atoms with Crippen molar-refractivity contribution in [2.75, 3.05) is 7.11 Å². The molecule has 3 heteroatoms. The summed E-state index contributed by atoms with van der Waals surface area (Å²) in [5, 5.41) is 0. The Bertz CT molecular complexity index is 156. The number of ether oxygens (including phenoxy) is 2. The van der Waals surface area contributed by atoms with E-state index in [1.165, 1.54) is 7.11 Å². The lowest BCUT2D eigenvalue weighted by Gasteiger charge is -2.26. The molecule has 70 valence electrons. The summed E-state index contributed by atoms with van der Waals surface area (Å²) in [6, 6.07) is 0. The Hall–Kier alpha value is -0.570. The predicted molar refractivity (Wildman–Crippen MR) is 44.8 cm³/mol. The maximum atomic E-state index is 10.9. The quantitative estimate of drug-likeness (QED) is 0.592. The first-order valence-electron chi connectivity index (χ1n) is 4.44. The van der Waals surface area contributed by atoms with E-state index >= 15 is 0 Å². The van der Waals surface area contributed by atoms with Crippen LogP contribution in [-0.4, -0.2) is 25.3 Å². The SMILES string of the molecule is COC(=O)C[C@@H]1CCC[C@H](C)O1. The summed E-state index contributed by atoms with van der Waals surface area (Å²) in [5.74, 6) is -0.172. The number of hydrogen-bond donors (Lipinski definition) is 0. The lowest BCUT2D eigenvalue weighted by molar-refractivity contribution is -0.146. The average molecular weight is 172 g/mol. The van der Waals surface area contributed by atoms with E-state index in [2.05, 4.69) is 4.74 Å². The van der Waals surface area contributed by atoms with Gasteiger partial charge in [0.2, 0.25) is 0 Å². The molecule has 0 N–H and O–H groups in total. The Morgan fingerprint density at radius 3 is 2.92 bits per heavy atom. The van der Waals surface area contributed by atoms with Gasteiger partial charge in [-0.15, -0.1) is 0 Å². The molecule has 1 aliphatic heterocycles. The van der Waals surface area contributed by atoms with Crippen LogP contribution < -0.4 is 0 Å². The van der Waals surface area contributed by atoms with Gasteiger partial charge in [-0.2, -0.15) is 0 Å². The van der Waals surface area contributed by atoms with Crippen LogP contribution in [0.15, 0.2) is 0 Å². The normalized spacial score (nSPS) is 29.8. The molecule has 0 radical (unpaired) electrons. The molecular weight excluding hydrogens is 156 g/mol. The topological polar surface area (TPSA) is 35.5 Å². The Morgan fingerprint density at radius 1 is 1.58 bits per heavy atom. The molecule has 0 unspecified atom stereocenters. The first-order chi connectivity index (χ1) is 5.72. The third-order valence-electron chi connectivity index (χ3n) is 2.18. The van der Waals surface area contributed by atoms with Crippen molar-refractivity contribution in [3.8, 4) is 0 Å². The monoisotopic (exact) mass is 172 g/mol. The lowest BCUT2D eigenvalue weighted by atomic mass is 10.0. The number of carbonyl (C=O) groups excluding carboxylic acids is 1. The minimum Gasteiger partial charge on any atom is -0.469 e. The van der Waals surface area contributed by atoms with Gasteiger partial charge in [0.25, 0.3) is 0 Å². The van der Waals surface area contributed by atoms with E-state index in [4.69, 9.17) is 4.74 Å². The van der Waals surface area contributed by atoms with Crippen LogP contribution >= 0.6 is 0 Å². The highest BCUT2D eigenvalue weighted by atomic mass is 16.5. The summed E-state index contributed by atoms with van der Waals surface area (Å²) < 4.78 is 10.1. The molecule has 0 spiro atoms. The van der Waals surface area contributed by atoms with Crippen molar-refractivity contribution in [2.24, 2.45) is 0 Å². The van der Waals surface area contributed by atoms with Crippen molar-refractivity contribution in [3.05, 3.63) is 0 Å². The van der Waals surface area contributed by atoms with Gasteiger partial charge in [0.1, 0.15) is 0 Å². The molecule has 1 saturated heterocycles. The van der Waals surface area contributed by atoms with Crippen LogP contribution in [0.3, 0.4) is 0 Å². The minimum atomic E-state index is -0.172. The maximum absolute atomic E-state index is 10.9. The summed E-state index contributed by atoms with van der Waals surface area (Å²) in [5.41, 5.74) is 0. The van der Waals surface area contributed by atoms with E-state index in [1.54, 1.807) is 0 Å². The van der Waals surface area contributed by atoms with Gasteiger partial charge < -0.3 is 9.47 Å². The number of carbonyl (C=O) groups is 1. The molecule has 12 heavy (non-hydrogen) atoms. The summed E-state index contributed by atoms with van der Waals surface area (Å²) >= 11 is 0. The molecule has 0 bridgehead atoms. The molecule has 2 atom stereocenters. The summed E-state index contributed by atoms with van der Waals surface area (Å²) in [7, 11) is 1.41. The van der Waals surface area contributed by atoms with Crippen LogP contribution in [0.1, 0.15) is 32.6 Å². The molecule has 0 saturated carbocycles. The van der Waals surface area contributed by atoms with E-state index in [9.17, 15) is 4.79 Å². The first kappa shape index (κ1) is 9.52. The Balaban J connectivity index is 2.27. The fourth-order valence-corrected chi connectivity index (χ4v) is 1.52. The zero-order chi connectivity index (χ0) is 8.97. The van der Waals surface area contributed by atoms with Crippen molar-refractivity contribution in [1.29, 1.82) is 0 Å². The Morgan fingerprint density at radius 2 is 2.33 bits per heavy atom. The van der Waals surface area contributed by atoms with Crippen molar-refractivity contribution in [1.82, 2.24) is 0 Å². The largest absolute Gasteiger partial charge is 0.469 e. The minimum absolute atomic E-state index is 0.0844. The molecule has 1 rings (SSSR count). The van der Waals surface area contributed by atoms with Crippen molar-refractivity contribution >= 4 is 5.97 Å². The van der Waals surface area contributed by atoms with Crippen molar-refractivity contribution in [2.45, 2.75) is 44.8 Å². The molecule has 0 amide bonds. The number of esters is 1. The van der Waals surface area contributed by atoms with Gasteiger partial charge in [-0.3, -0.25) is 4.79 Å². The summed E-state index contributed by atoms with van der Waals surface area (Å²) in [6.45, 7) is 2.05. The van der Waals surface area contributed by atoms with Crippen molar-refractivity contribution in [3.63, 3.8) is 0 Å². The van der Waals surface area contributed by atoms with Gasteiger partial charge in [-0.05, 0) is 26.2 Å². The molecule has 1 heterocycles. The van der Waals surface area contributed by atoms with Gasteiger partial charge in [0.05, 0.1) is 25.7 Å². The summed E-state index contributed by atoms with van der Waals surface area (Å²) in [6.07, 6.45) is 4.04. The first-order valence-corrected chi connectivity index (χ1v) is 4.44. The van der Waals surface area contributed by atoms with E-state index in [0.29, 0.717) is 12.5 Å². The lowest BCUT2D eigenvalue weighted by Crippen LogP contribution is -2.27. The second-order valence-corrected chi connectivity index (χ2v) is 3.28. The van der Waals surface area contributed by atoms with Crippen LogP contribution in [0.25, 0.3) is 0 Å². The Labute approximate surface area is 73.0 Å². The van der Waals surface area contributed by atoms with Gasteiger partial charge in [-0.25, -0.2) is 0 Å². The van der Waals surface area contributed by atoms with E-state index in [0.717, 1.165) is 19.3 Å². The van der Waals surface area contributed by atoms with E-state index < -0.39 is 0 Å². The third-order valence-corrected chi connectivity index (χ3v) is 2.18. The maximum Gasteiger partial charge on any atom is 0.308 e. The predicted octanol–water partition coefficient (Wildman–Crippen LogP) is 1.51. The fraction of sp³-hybridized carbons (Fsp3) is 0.889. The highest BCUT2D eigenvalue weighted by Gasteiger charge is 2.21. The number of hydrogen-bond acceptors (Lipinski definition) is 3. The van der Waals surface area contributed by atoms with Crippen molar-refractivity contribution < 1.29 is 14.3 Å². The molecule has 0 aromatic carbocycles. The second kappa shape index (κ2) is 4.45. The molecule has 3 nitrogen and oxygen atoms in total. The fourth-order valence-electron chi connectivity index (χ4n) is 1.52. The highest BCUT2D eigenvalue weighted by molar-refractivity contribution is 5.69. The molecule has 0 aromatic heterocycles. The number of rotatable bonds is 2. The smallest absolute Gasteiger partial charge is 0.308 e. The molecule has 0 aromatic rings. The van der Waals surface area contributed by atoms with Gasteiger partial charge in [-0.1, -0.05) is 0 Å². The zero-order valence-corrected chi connectivity index (χ0v) is 7.71. The standard InChI is InChI=1S/C9H16O3/c1-7-4-3-5-8(12-7)6-9(10)11-2/h7-8H,3-6H2,1-2H3/t7-,8-/m0/s1. The van der Waals surface area contributed by atoms with Gasteiger partial charge >= 0.3 is 5.97 Å². The Kier molecular flexibility index (Phi) is 3.53. The molecule has 1 fully saturated rings. The van der Waals surface area contributed by atoms with Crippen LogP contribution in [0.5, 0.6) is 0 Å². The zero-order valence-electron chi connectivity index (χ0n) is 7.71. The van der Waals surface area contributed by atoms with Gasteiger partial charge in [0.15, 0.2) is 0 Å². The molecule has 0 aliphatic carbocycles. The molecule has 1 aliphatic rings.